The number of unbranched alkanes of at least 4 members (excludes halogenated alkanes) is 1. The zero-order chi connectivity index (χ0) is 18.4. The van der Waals surface area contributed by atoms with E-state index in [2.05, 4.69) is 5.32 Å². The van der Waals surface area contributed by atoms with Crippen molar-refractivity contribution in [2.75, 3.05) is 0 Å². The highest BCUT2D eigenvalue weighted by atomic mass is 16.3. The number of hydrogen-bond acceptors (Lipinski definition) is 3. The Morgan fingerprint density at radius 3 is 2.44 bits per heavy atom. The van der Waals surface area contributed by atoms with Gasteiger partial charge in [-0.2, -0.15) is 0 Å². The minimum atomic E-state index is -0.659. The average molecular weight is 340 g/mol. The smallest absolute Gasteiger partial charge is 0.251 e. The van der Waals surface area contributed by atoms with E-state index < -0.39 is 11.9 Å². The number of nitrogens with two attached hydrogens (primary N) is 1. The molecule has 2 aromatic carbocycles. The number of phenols is 1. The van der Waals surface area contributed by atoms with Crippen LogP contribution in [0.2, 0.25) is 0 Å². The van der Waals surface area contributed by atoms with Gasteiger partial charge in [0.15, 0.2) is 0 Å². The van der Waals surface area contributed by atoms with Crippen LogP contribution in [0.25, 0.3) is 11.1 Å². The molecule has 4 N–H and O–H groups in total. The first-order valence-electron chi connectivity index (χ1n) is 8.42. The summed E-state index contributed by atoms with van der Waals surface area (Å²) >= 11 is 0. The number of aromatic hydroxyl groups is 1. The number of nitrogens with one attached hydrogen (secondary N) is 1. The van der Waals surface area contributed by atoms with Crippen LogP contribution >= 0.6 is 0 Å². The first-order valence-corrected chi connectivity index (χ1v) is 8.42. The highest BCUT2D eigenvalue weighted by molar-refractivity contribution is 5.97. The molecule has 5 nitrogen and oxygen atoms in total. The number of rotatable bonds is 7. The molecule has 0 spiro atoms. The molecule has 132 valence electrons. The van der Waals surface area contributed by atoms with Crippen molar-refractivity contribution in [2.24, 2.45) is 5.73 Å². The Labute approximate surface area is 147 Å². The van der Waals surface area contributed by atoms with Gasteiger partial charge in [0.05, 0.1) is 0 Å². The number of benzene rings is 2. The Morgan fingerprint density at radius 1 is 1.16 bits per heavy atom. The van der Waals surface area contributed by atoms with Crippen LogP contribution in [-0.4, -0.2) is 23.0 Å². The van der Waals surface area contributed by atoms with Gasteiger partial charge < -0.3 is 16.2 Å². The van der Waals surface area contributed by atoms with Gasteiger partial charge in [0.2, 0.25) is 5.91 Å². The Kier molecular flexibility index (Phi) is 6.17. The molecule has 0 bridgehead atoms. The molecule has 0 saturated heterocycles. The molecule has 0 saturated carbocycles. The number of hydrogen-bond donors (Lipinski definition) is 3. The minimum absolute atomic E-state index is 0.191. The van der Waals surface area contributed by atoms with Gasteiger partial charge in [-0.3, -0.25) is 9.59 Å². The molecule has 0 aliphatic heterocycles. The van der Waals surface area contributed by atoms with Crippen molar-refractivity contribution in [3.05, 3.63) is 53.6 Å². The van der Waals surface area contributed by atoms with Crippen LogP contribution in [0.15, 0.2) is 42.5 Å². The second-order valence-electron chi connectivity index (χ2n) is 6.17. The summed E-state index contributed by atoms with van der Waals surface area (Å²) in [6.45, 7) is 3.96. The highest BCUT2D eigenvalue weighted by Gasteiger charge is 2.18. The van der Waals surface area contributed by atoms with Crippen LogP contribution in [0.3, 0.4) is 0 Å². The second kappa shape index (κ2) is 8.33. The molecular formula is C20H24N2O3. The number of primary amides is 1. The number of amides is 2. The fourth-order valence-corrected chi connectivity index (χ4v) is 2.62. The topological polar surface area (TPSA) is 92.4 Å². The molecule has 0 unspecified atom stereocenters. The molecule has 2 aromatic rings. The Bertz CT molecular complexity index is 754. The molecular weight excluding hydrogens is 316 g/mol. The van der Waals surface area contributed by atoms with E-state index in [-0.39, 0.29) is 11.7 Å². The molecule has 2 rings (SSSR count). The molecule has 25 heavy (non-hydrogen) atoms. The normalized spacial score (nSPS) is 11.8. The summed E-state index contributed by atoms with van der Waals surface area (Å²) < 4.78 is 0. The summed E-state index contributed by atoms with van der Waals surface area (Å²) in [5.41, 5.74) is 8.36. The number of phenolic OH excluding ortho intramolecular Hbond substituents is 1. The first kappa shape index (κ1) is 18.5. The lowest BCUT2D eigenvalue weighted by Crippen LogP contribution is -2.44. The van der Waals surface area contributed by atoms with Gasteiger partial charge in [-0.25, -0.2) is 0 Å². The second-order valence-corrected chi connectivity index (χ2v) is 6.17. The van der Waals surface area contributed by atoms with E-state index in [4.69, 9.17) is 5.73 Å². The number of carbonyl (C=O) groups excluding carboxylic acids is 2. The molecule has 0 aliphatic rings. The SMILES string of the molecule is CCCC[C@@H](NC(=O)c1ccc(-c2cc(C)ccc2O)cc1)C(N)=O. The predicted octanol–water partition coefficient (Wildman–Crippen LogP) is 3.14. The van der Waals surface area contributed by atoms with E-state index in [0.717, 1.165) is 24.0 Å². The van der Waals surface area contributed by atoms with Gasteiger partial charge in [0, 0.05) is 11.1 Å². The fourth-order valence-electron chi connectivity index (χ4n) is 2.62. The first-order chi connectivity index (χ1) is 11.9. The van der Waals surface area contributed by atoms with Crippen molar-refractivity contribution in [3.63, 3.8) is 0 Å². The fraction of sp³-hybridized carbons (Fsp3) is 0.300. The maximum Gasteiger partial charge on any atom is 0.251 e. The van der Waals surface area contributed by atoms with Crippen molar-refractivity contribution in [2.45, 2.75) is 39.2 Å². The van der Waals surface area contributed by atoms with Crippen molar-refractivity contribution >= 4 is 11.8 Å². The molecule has 5 heteroatoms. The maximum atomic E-state index is 12.3. The molecule has 0 fully saturated rings. The largest absolute Gasteiger partial charge is 0.507 e. The summed E-state index contributed by atoms with van der Waals surface area (Å²) in [6.07, 6.45) is 2.28. The van der Waals surface area contributed by atoms with Crippen LogP contribution in [0.4, 0.5) is 0 Å². The van der Waals surface area contributed by atoms with Gasteiger partial charge in [-0.05, 0) is 43.2 Å². The van der Waals surface area contributed by atoms with E-state index in [1.807, 2.05) is 26.0 Å². The van der Waals surface area contributed by atoms with Crippen LogP contribution < -0.4 is 11.1 Å². The van der Waals surface area contributed by atoms with E-state index >= 15 is 0 Å². The average Bonchev–Trinajstić information content (AvgIpc) is 2.60. The van der Waals surface area contributed by atoms with E-state index in [1.54, 1.807) is 30.3 Å². The van der Waals surface area contributed by atoms with Gasteiger partial charge in [-0.15, -0.1) is 0 Å². The van der Waals surface area contributed by atoms with E-state index in [9.17, 15) is 14.7 Å². The Hall–Kier alpha value is -2.82. The molecule has 0 aromatic heterocycles. The number of aryl methyl sites for hydroxylation is 1. The van der Waals surface area contributed by atoms with Crippen LogP contribution in [-0.2, 0) is 4.79 Å². The third-order valence-electron chi connectivity index (χ3n) is 4.11. The summed E-state index contributed by atoms with van der Waals surface area (Å²) in [4.78, 5) is 23.8. The zero-order valence-corrected chi connectivity index (χ0v) is 14.6. The monoisotopic (exact) mass is 340 g/mol. The molecule has 2 amide bonds. The van der Waals surface area contributed by atoms with Crippen LogP contribution in [0.5, 0.6) is 5.75 Å². The maximum absolute atomic E-state index is 12.3. The predicted molar refractivity (Wildman–Crippen MR) is 98.3 cm³/mol. The zero-order valence-electron chi connectivity index (χ0n) is 14.6. The third kappa shape index (κ3) is 4.83. The van der Waals surface area contributed by atoms with Gasteiger partial charge in [0.25, 0.3) is 5.91 Å². The van der Waals surface area contributed by atoms with Crippen LogP contribution in [0, 0.1) is 6.92 Å². The lowest BCUT2D eigenvalue weighted by molar-refractivity contribution is -0.120. The third-order valence-corrected chi connectivity index (χ3v) is 4.11. The quantitative estimate of drug-likeness (QED) is 0.723. The van der Waals surface area contributed by atoms with Crippen molar-refractivity contribution < 1.29 is 14.7 Å². The molecule has 1 atom stereocenters. The molecule has 0 heterocycles. The van der Waals surface area contributed by atoms with Crippen molar-refractivity contribution in [3.8, 4) is 16.9 Å². The molecule has 0 aliphatic carbocycles. The molecule has 0 radical (unpaired) electrons. The standard InChI is InChI=1S/C20H24N2O3/c1-3-4-5-17(19(21)24)22-20(25)15-9-7-14(8-10-15)16-12-13(2)6-11-18(16)23/h6-12,17,23H,3-5H2,1-2H3,(H2,21,24)(H,22,25)/t17-/m1/s1. The van der Waals surface area contributed by atoms with Gasteiger partial charge in [-0.1, -0.05) is 43.5 Å². The summed E-state index contributed by atoms with van der Waals surface area (Å²) in [6, 6.07) is 11.6. The Morgan fingerprint density at radius 2 is 1.84 bits per heavy atom. The lowest BCUT2D eigenvalue weighted by Gasteiger charge is -2.15. The van der Waals surface area contributed by atoms with Gasteiger partial charge in [0.1, 0.15) is 11.8 Å². The van der Waals surface area contributed by atoms with Crippen molar-refractivity contribution in [1.29, 1.82) is 0 Å². The summed E-state index contributed by atoms with van der Waals surface area (Å²) in [5, 5.41) is 12.7. The number of carbonyl (C=O) groups is 2. The van der Waals surface area contributed by atoms with Crippen LogP contribution in [0.1, 0.15) is 42.1 Å². The minimum Gasteiger partial charge on any atom is -0.507 e. The Balaban J connectivity index is 2.14. The van der Waals surface area contributed by atoms with E-state index in [1.165, 1.54) is 0 Å². The van der Waals surface area contributed by atoms with Crippen molar-refractivity contribution in [1.82, 2.24) is 5.32 Å². The summed E-state index contributed by atoms with van der Waals surface area (Å²) in [5.74, 6) is -0.667. The summed E-state index contributed by atoms with van der Waals surface area (Å²) in [7, 11) is 0. The van der Waals surface area contributed by atoms with Gasteiger partial charge >= 0.3 is 0 Å². The van der Waals surface area contributed by atoms with E-state index in [0.29, 0.717) is 17.5 Å². The lowest BCUT2D eigenvalue weighted by atomic mass is 10.0. The highest BCUT2D eigenvalue weighted by Crippen LogP contribution is 2.30.